The molecule has 0 aromatic heterocycles. The molecule has 0 aliphatic heterocycles. The molecular weight excluding hydrogens is 212 g/mol. The van der Waals surface area contributed by atoms with E-state index in [1.54, 1.807) is 0 Å². The molecule has 0 aliphatic carbocycles. The molecule has 2 atom stereocenters. The van der Waals surface area contributed by atoms with E-state index in [2.05, 4.69) is 51.9 Å². The van der Waals surface area contributed by atoms with E-state index in [4.69, 9.17) is 4.43 Å². The molecule has 0 radical (unpaired) electrons. The Morgan fingerprint density at radius 3 is 2.31 bits per heavy atom. The van der Waals surface area contributed by atoms with Crippen LogP contribution in [0.5, 0.6) is 0 Å². The molecule has 0 amide bonds. The summed E-state index contributed by atoms with van der Waals surface area (Å²) in [5.41, 5.74) is 0.910. The van der Waals surface area contributed by atoms with Crippen molar-refractivity contribution >= 4 is 8.32 Å². The Labute approximate surface area is 102 Å². The molecule has 0 heterocycles. The highest BCUT2D eigenvalue weighted by atomic mass is 28.4. The van der Waals surface area contributed by atoms with Gasteiger partial charge in [0.25, 0.3) is 0 Å². The van der Waals surface area contributed by atoms with Crippen molar-refractivity contribution in [3.63, 3.8) is 0 Å². The van der Waals surface area contributed by atoms with Gasteiger partial charge in [-0.25, -0.2) is 0 Å². The molecule has 0 bridgehead atoms. The second kappa shape index (κ2) is 6.93. The van der Waals surface area contributed by atoms with E-state index in [-0.39, 0.29) is 6.10 Å². The highest BCUT2D eigenvalue weighted by Crippen LogP contribution is 2.18. The van der Waals surface area contributed by atoms with Crippen LogP contribution in [-0.2, 0) is 4.43 Å². The lowest BCUT2D eigenvalue weighted by molar-refractivity contribution is 0.182. The van der Waals surface area contributed by atoms with Crippen molar-refractivity contribution in [1.29, 1.82) is 0 Å². The third-order valence-electron chi connectivity index (χ3n) is 2.17. The number of allylic oxidation sites excluding steroid dienone is 1. The van der Waals surface area contributed by atoms with Crippen LogP contribution in [-0.4, -0.2) is 14.4 Å². The summed E-state index contributed by atoms with van der Waals surface area (Å²) in [6, 6.07) is 0. The van der Waals surface area contributed by atoms with E-state index in [1.807, 2.05) is 6.92 Å². The Kier molecular flexibility index (Phi) is 6.70. The Hall–Kier alpha value is -0.523. The molecule has 2 heteroatoms. The molecule has 0 spiro atoms. The standard InChI is InChI=1S/C14H26OSi/c1-8-9-13(4)14(11-10-12(2)3)15-16(5,6)7/h13-14H,2,8-9H2,1,3-7H3. The first kappa shape index (κ1) is 15.5. The van der Waals surface area contributed by atoms with E-state index < -0.39 is 8.32 Å². The van der Waals surface area contributed by atoms with Gasteiger partial charge >= 0.3 is 0 Å². The maximum atomic E-state index is 6.13. The first-order chi connectivity index (χ1) is 7.26. The second-order valence-electron chi connectivity index (χ2n) is 5.47. The molecule has 0 fully saturated rings. The smallest absolute Gasteiger partial charge is 0.185 e. The second-order valence-corrected chi connectivity index (χ2v) is 9.93. The van der Waals surface area contributed by atoms with E-state index >= 15 is 0 Å². The minimum atomic E-state index is -1.52. The SMILES string of the molecule is C=C(C)C#CC(O[Si](C)(C)C)C(C)CCC. The summed E-state index contributed by atoms with van der Waals surface area (Å²) in [6.45, 7) is 16.8. The van der Waals surface area contributed by atoms with Crippen LogP contribution < -0.4 is 0 Å². The molecule has 0 aliphatic rings. The molecule has 0 saturated heterocycles. The lowest BCUT2D eigenvalue weighted by Gasteiger charge is -2.27. The van der Waals surface area contributed by atoms with E-state index in [0.717, 1.165) is 5.57 Å². The Morgan fingerprint density at radius 1 is 1.38 bits per heavy atom. The topological polar surface area (TPSA) is 9.23 Å². The van der Waals surface area contributed by atoms with Gasteiger partial charge in [0.1, 0.15) is 6.10 Å². The average molecular weight is 238 g/mol. The maximum Gasteiger partial charge on any atom is 0.185 e. The van der Waals surface area contributed by atoms with Gasteiger partial charge in [-0.1, -0.05) is 38.7 Å². The van der Waals surface area contributed by atoms with Crippen molar-refractivity contribution < 1.29 is 4.43 Å². The molecule has 0 N–H and O–H groups in total. The van der Waals surface area contributed by atoms with Crippen LogP contribution in [0.2, 0.25) is 19.6 Å². The fourth-order valence-electron chi connectivity index (χ4n) is 1.47. The zero-order valence-corrected chi connectivity index (χ0v) is 12.7. The van der Waals surface area contributed by atoms with Crippen molar-refractivity contribution in [3.8, 4) is 11.8 Å². The van der Waals surface area contributed by atoms with Crippen LogP contribution in [0.1, 0.15) is 33.6 Å². The van der Waals surface area contributed by atoms with E-state index in [1.165, 1.54) is 12.8 Å². The van der Waals surface area contributed by atoms with Gasteiger partial charge in [0.2, 0.25) is 0 Å². The van der Waals surface area contributed by atoms with Crippen molar-refractivity contribution in [2.24, 2.45) is 5.92 Å². The normalized spacial score (nSPS) is 14.9. The largest absolute Gasteiger partial charge is 0.404 e. The lowest BCUT2D eigenvalue weighted by atomic mass is 10.00. The summed E-state index contributed by atoms with van der Waals surface area (Å²) >= 11 is 0. The van der Waals surface area contributed by atoms with Gasteiger partial charge in [-0.05, 0) is 44.5 Å². The predicted molar refractivity (Wildman–Crippen MR) is 74.9 cm³/mol. The fourth-order valence-corrected chi connectivity index (χ4v) is 2.52. The minimum absolute atomic E-state index is 0.0725. The third kappa shape index (κ3) is 7.73. The molecule has 0 rings (SSSR count). The Bertz CT molecular complexity index is 277. The van der Waals surface area contributed by atoms with Gasteiger partial charge < -0.3 is 4.43 Å². The first-order valence-electron chi connectivity index (χ1n) is 6.11. The Morgan fingerprint density at radius 2 is 1.94 bits per heavy atom. The Balaban J connectivity index is 4.65. The molecule has 0 aromatic carbocycles. The molecule has 0 saturated carbocycles. The van der Waals surface area contributed by atoms with Gasteiger partial charge in [0, 0.05) is 0 Å². The maximum absolute atomic E-state index is 6.13. The zero-order valence-electron chi connectivity index (χ0n) is 11.7. The van der Waals surface area contributed by atoms with Crippen LogP contribution in [0, 0.1) is 17.8 Å². The predicted octanol–water partition coefficient (Wildman–Crippen LogP) is 4.22. The average Bonchev–Trinajstić information content (AvgIpc) is 2.10. The quantitative estimate of drug-likeness (QED) is 0.515. The van der Waals surface area contributed by atoms with Crippen molar-refractivity contribution in [1.82, 2.24) is 0 Å². The van der Waals surface area contributed by atoms with Crippen LogP contribution in [0.25, 0.3) is 0 Å². The van der Waals surface area contributed by atoms with Gasteiger partial charge in [-0.3, -0.25) is 0 Å². The molecular formula is C14H26OSi. The highest BCUT2D eigenvalue weighted by molar-refractivity contribution is 6.69. The fraction of sp³-hybridized carbons (Fsp3) is 0.714. The monoisotopic (exact) mass is 238 g/mol. The lowest BCUT2D eigenvalue weighted by Crippen LogP contribution is -2.34. The summed E-state index contributed by atoms with van der Waals surface area (Å²) in [5.74, 6) is 6.79. The third-order valence-corrected chi connectivity index (χ3v) is 3.13. The van der Waals surface area contributed by atoms with Crippen molar-refractivity contribution in [2.75, 3.05) is 0 Å². The van der Waals surface area contributed by atoms with E-state index in [9.17, 15) is 0 Å². The van der Waals surface area contributed by atoms with E-state index in [0.29, 0.717) is 5.92 Å². The first-order valence-corrected chi connectivity index (χ1v) is 9.52. The van der Waals surface area contributed by atoms with Crippen molar-refractivity contribution in [2.45, 2.75) is 59.4 Å². The summed E-state index contributed by atoms with van der Waals surface area (Å²) in [5, 5.41) is 0. The summed E-state index contributed by atoms with van der Waals surface area (Å²) in [4.78, 5) is 0. The van der Waals surface area contributed by atoms with Gasteiger partial charge in [0.15, 0.2) is 8.32 Å². The van der Waals surface area contributed by atoms with Gasteiger partial charge in [-0.2, -0.15) is 0 Å². The highest BCUT2D eigenvalue weighted by Gasteiger charge is 2.23. The van der Waals surface area contributed by atoms with Crippen LogP contribution >= 0.6 is 0 Å². The molecule has 92 valence electrons. The molecule has 0 aromatic rings. The molecule has 16 heavy (non-hydrogen) atoms. The summed E-state index contributed by atoms with van der Waals surface area (Å²) in [6.07, 6.45) is 2.42. The summed E-state index contributed by atoms with van der Waals surface area (Å²) < 4.78 is 6.13. The summed E-state index contributed by atoms with van der Waals surface area (Å²) in [7, 11) is -1.52. The molecule has 1 nitrogen and oxygen atoms in total. The van der Waals surface area contributed by atoms with Crippen molar-refractivity contribution in [3.05, 3.63) is 12.2 Å². The number of hydrogen-bond acceptors (Lipinski definition) is 1. The van der Waals surface area contributed by atoms with Crippen LogP contribution in [0.15, 0.2) is 12.2 Å². The number of hydrogen-bond donors (Lipinski definition) is 0. The van der Waals surface area contributed by atoms with Crippen LogP contribution in [0.3, 0.4) is 0 Å². The number of rotatable bonds is 5. The van der Waals surface area contributed by atoms with Crippen LogP contribution in [0.4, 0.5) is 0 Å². The van der Waals surface area contributed by atoms with Gasteiger partial charge in [-0.15, -0.1) is 0 Å². The molecule has 2 unspecified atom stereocenters. The van der Waals surface area contributed by atoms with Gasteiger partial charge in [0.05, 0.1) is 0 Å². The minimum Gasteiger partial charge on any atom is -0.404 e. The zero-order chi connectivity index (χ0) is 12.8.